The van der Waals surface area contributed by atoms with Gasteiger partial charge in [0.25, 0.3) is 0 Å². The molecule has 5 nitrogen and oxygen atoms in total. The molecule has 1 aliphatic heterocycles. The number of aromatic nitrogens is 3. The number of benzene rings is 1. The van der Waals surface area contributed by atoms with Crippen molar-refractivity contribution in [2.45, 2.75) is 45.8 Å². The predicted molar refractivity (Wildman–Crippen MR) is 89.1 cm³/mol. The van der Waals surface area contributed by atoms with E-state index >= 15 is 0 Å². The minimum absolute atomic E-state index is 0.537. The van der Waals surface area contributed by atoms with Gasteiger partial charge in [0.2, 0.25) is 0 Å². The van der Waals surface area contributed by atoms with E-state index < -0.39 is 0 Å². The van der Waals surface area contributed by atoms with E-state index in [1.807, 2.05) is 19.9 Å². The number of hydrogen-bond acceptors (Lipinski definition) is 4. The van der Waals surface area contributed by atoms with Gasteiger partial charge in [-0.25, -0.2) is 9.67 Å². The monoisotopic (exact) mass is 310 g/mol. The van der Waals surface area contributed by atoms with E-state index in [9.17, 15) is 0 Å². The molecule has 0 radical (unpaired) electrons. The summed E-state index contributed by atoms with van der Waals surface area (Å²) in [6, 6.07) is 9.04. The van der Waals surface area contributed by atoms with E-state index in [0.717, 1.165) is 36.9 Å². The van der Waals surface area contributed by atoms with Crippen molar-refractivity contribution in [1.29, 1.82) is 0 Å². The third kappa shape index (κ3) is 2.88. The van der Waals surface area contributed by atoms with E-state index in [1.165, 1.54) is 23.8 Å². The highest BCUT2D eigenvalue weighted by Crippen LogP contribution is 2.24. The summed E-state index contributed by atoms with van der Waals surface area (Å²) in [6.45, 7) is 7.06. The first-order valence-corrected chi connectivity index (χ1v) is 8.27. The average Bonchev–Trinajstić information content (AvgIpc) is 3.21. The van der Waals surface area contributed by atoms with Gasteiger partial charge in [-0.1, -0.05) is 6.07 Å². The third-order valence-corrected chi connectivity index (χ3v) is 4.75. The Morgan fingerprint density at radius 2 is 2.17 bits per heavy atom. The highest BCUT2D eigenvalue weighted by Gasteiger charge is 2.25. The van der Waals surface area contributed by atoms with Crippen LogP contribution in [0.15, 0.2) is 34.9 Å². The maximum Gasteiger partial charge on any atom is 0.147 e. The highest BCUT2D eigenvalue weighted by atomic mass is 16.3. The molecule has 1 atom stereocenters. The lowest BCUT2D eigenvalue weighted by Crippen LogP contribution is -2.33. The third-order valence-electron chi connectivity index (χ3n) is 4.75. The zero-order chi connectivity index (χ0) is 15.8. The van der Waals surface area contributed by atoms with Crippen LogP contribution in [0.1, 0.15) is 30.1 Å². The van der Waals surface area contributed by atoms with E-state index in [1.54, 1.807) is 6.26 Å². The normalized spacial score (nSPS) is 19.0. The van der Waals surface area contributed by atoms with Crippen LogP contribution >= 0.6 is 0 Å². The van der Waals surface area contributed by atoms with Gasteiger partial charge in [-0.15, -0.1) is 0 Å². The second-order valence-corrected chi connectivity index (χ2v) is 6.45. The average molecular weight is 310 g/mol. The van der Waals surface area contributed by atoms with Crippen molar-refractivity contribution in [3.8, 4) is 0 Å². The van der Waals surface area contributed by atoms with Gasteiger partial charge in [0.1, 0.15) is 17.2 Å². The van der Waals surface area contributed by atoms with Gasteiger partial charge in [0.05, 0.1) is 12.8 Å². The molecule has 0 N–H and O–H groups in total. The Morgan fingerprint density at radius 1 is 1.26 bits per heavy atom. The lowest BCUT2D eigenvalue weighted by molar-refractivity contribution is 0.218. The van der Waals surface area contributed by atoms with Gasteiger partial charge in [-0.05, 0) is 57.0 Å². The molecule has 120 valence electrons. The first-order chi connectivity index (χ1) is 11.2. The summed E-state index contributed by atoms with van der Waals surface area (Å²) in [6.07, 6.45) is 4.24. The van der Waals surface area contributed by atoms with Crippen LogP contribution in [0.25, 0.3) is 11.0 Å². The summed E-state index contributed by atoms with van der Waals surface area (Å²) in [5.41, 5.74) is 2.30. The van der Waals surface area contributed by atoms with Crippen molar-refractivity contribution in [2.75, 3.05) is 6.54 Å². The van der Waals surface area contributed by atoms with Crippen molar-refractivity contribution < 1.29 is 4.42 Å². The minimum atomic E-state index is 0.537. The number of fused-ring (bicyclic) bond motifs is 1. The van der Waals surface area contributed by atoms with Crippen LogP contribution in [-0.4, -0.2) is 32.3 Å². The van der Waals surface area contributed by atoms with Gasteiger partial charge in [0.15, 0.2) is 0 Å². The number of hydrogen-bond donors (Lipinski definition) is 0. The Morgan fingerprint density at radius 3 is 3.00 bits per heavy atom. The second-order valence-electron chi connectivity index (χ2n) is 6.45. The first-order valence-electron chi connectivity index (χ1n) is 8.27. The standard InChI is InChI=1S/C18H22N4O/c1-13-19-14(2)22(20-13)12-17-4-3-8-21(17)11-15-5-6-18-16(10-15)7-9-23-18/h5-7,9-10,17H,3-4,8,11-12H2,1-2H3. The minimum Gasteiger partial charge on any atom is -0.464 e. The second kappa shape index (κ2) is 5.81. The number of likely N-dealkylation sites (tertiary alicyclic amines) is 1. The van der Waals surface area contributed by atoms with E-state index in [2.05, 4.69) is 37.9 Å². The SMILES string of the molecule is Cc1nc(C)n(CC2CCCN2Cc2ccc3occc3c2)n1. The van der Waals surface area contributed by atoms with Gasteiger partial charge < -0.3 is 4.42 Å². The fourth-order valence-corrected chi connectivity index (χ4v) is 3.59. The van der Waals surface area contributed by atoms with Gasteiger partial charge in [-0.2, -0.15) is 5.10 Å². The summed E-state index contributed by atoms with van der Waals surface area (Å²) in [4.78, 5) is 6.98. The van der Waals surface area contributed by atoms with E-state index in [-0.39, 0.29) is 0 Å². The van der Waals surface area contributed by atoms with Crippen LogP contribution in [0.4, 0.5) is 0 Å². The van der Waals surface area contributed by atoms with Crippen molar-refractivity contribution in [3.05, 3.63) is 47.7 Å². The summed E-state index contributed by atoms with van der Waals surface area (Å²) in [5.74, 6) is 1.87. The molecule has 0 aliphatic carbocycles. The Labute approximate surface area is 135 Å². The number of rotatable bonds is 4. The molecule has 1 unspecified atom stereocenters. The topological polar surface area (TPSA) is 47.1 Å². The Hall–Kier alpha value is -2.14. The molecule has 5 heteroatoms. The van der Waals surface area contributed by atoms with Crippen LogP contribution in [0.5, 0.6) is 0 Å². The largest absolute Gasteiger partial charge is 0.464 e. The lowest BCUT2D eigenvalue weighted by atomic mass is 10.1. The Bertz CT molecular complexity index is 819. The van der Waals surface area contributed by atoms with Crippen LogP contribution in [0.2, 0.25) is 0 Å². The summed E-state index contributed by atoms with van der Waals surface area (Å²) < 4.78 is 7.48. The smallest absolute Gasteiger partial charge is 0.147 e. The van der Waals surface area contributed by atoms with Crippen LogP contribution in [-0.2, 0) is 13.1 Å². The predicted octanol–water partition coefficient (Wildman–Crippen LogP) is 3.31. The molecule has 4 rings (SSSR count). The molecule has 0 bridgehead atoms. The van der Waals surface area contributed by atoms with Crippen LogP contribution in [0, 0.1) is 13.8 Å². The van der Waals surface area contributed by atoms with Gasteiger partial charge >= 0.3 is 0 Å². The van der Waals surface area contributed by atoms with Crippen molar-refractivity contribution in [3.63, 3.8) is 0 Å². The molecule has 2 aromatic heterocycles. The van der Waals surface area contributed by atoms with Crippen molar-refractivity contribution in [1.82, 2.24) is 19.7 Å². The van der Waals surface area contributed by atoms with Crippen LogP contribution < -0.4 is 0 Å². The van der Waals surface area contributed by atoms with Crippen LogP contribution in [0.3, 0.4) is 0 Å². The maximum atomic E-state index is 5.43. The highest BCUT2D eigenvalue weighted by molar-refractivity contribution is 5.77. The first kappa shape index (κ1) is 14.5. The molecule has 0 saturated carbocycles. The molecule has 0 spiro atoms. The molecule has 0 amide bonds. The molecule has 3 heterocycles. The van der Waals surface area contributed by atoms with Crippen molar-refractivity contribution >= 4 is 11.0 Å². The van der Waals surface area contributed by atoms with Gasteiger partial charge in [-0.3, -0.25) is 4.90 Å². The number of aryl methyl sites for hydroxylation is 2. The Balaban J connectivity index is 1.49. The fourth-order valence-electron chi connectivity index (χ4n) is 3.59. The summed E-state index contributed by atoms with van der Waals surface area (Å²) in [5, 5.41) is 5.70. The zero-order valence-corrected chi connectivity index (χ0v) is 13.7. The molecule has 23 heavy (non-hydrogen) atoms. The van der Waals surface area contributed by atoms with E-state index in [4.69, 9.17) is 4.42 Å². The molecular formula is C18H22N4O. The van der Waals surface area contributed by atoms with Gasteiger partial charge in [0, 0.05) is 18.0 Å². The number of nitrogens with zero attached hydrogens (tertiary/aromatic N) is 4. The Kier molecular flexibility index (Phi) is 3.65. The molecular weight excluding hydrogens is 288 g/mol. The van der Waals surface area contributed by atoms with E-state index in [0.29, 0.717) is 6.04 Å². The van der Waals surface area contributed by atoms with Crippen molar-refractivity contribution in [2.24, 2.45) is 0 Å². The molecule has 1 saturated heterocycles. The lowest BCUT2D eigenvalue weighted by Gasteiger charge is -2.24. The molecule has 1 aromatic carbocycles. The molecule has 1 fully saturated rings. The summed E-state index contributed by atoms with van der Waals surface area (Å²) >= 11 is 0. The maximum absolute atomic E-state index is 5.43. The zero-order valence-electron chi connectivity index (χ0n) is 13.7. The number of furan rings is 1. The fraction of sp³-hybridized carbons (Fsp3) is 0.444. The molecule has 1 aliphatic rings. The quantitative estimate of drug-likeness (QED) is 0.742. The molecule has 3 aromatic rings. The summed E-state index contributed by atoms with van der Waals surface area (Å²) in [7, 11) is 0.